The molecule has 19 heavy (non-hydrogen) atoms. The Hall–Kier alpha value is -2.18. The molecule has 0 aliphatic carbocycles. The molecule has 1 aromatic heterocycles. The van der Waals surface area contributed by atoms with Gasteiger partial charge >= 0.3 is 5.97 Å². The van der Waals surface area contributed by atoms with Crippen molar-refractivity contribution in [3.63, 3.8) is 0 Å². The zero-order chi connectivity index (χ0) is 14.4. The molecule has 1 amide bonds. The Morgan fingerprint density at radius 3 is 2.53 bits per heavy atom. The van der Waals surface area contributed by atoms with Gasteiger partial charge in [0, 0.05) is 12.4 Å². The number of esters is 1. The molecule has 0 radical (unpaired) electrons. The third-order valence-electron chi connectivity index (χ3n) is 2.44. The fourth-order valence-electron chi connectivity index (χ4n) is 1.62. The highest BCUT2D eigenvalue weighted by Gasteiger charge is 2.23. The van der Waals surface area contributed by atoms with Crippen LogP contribution < -0.4 is 11.1 Å². The van der Waals surface area contributed by atoms with Crippen LogP contribution >= 0.6 is 0 Å². The van der Waals surface area contributed by atoms with Crippen LogP contribution in [0.25, 0.3) is 0 Å². The monoisotopic (exact) mass is 266 g/mol. The highest BCUT2D eigenvalue weighted by atomic mass is 16.5. The number of primary amides is 1. The molecular weight excluding hydrogens is 248 g/mol. The van der Waals surface area contributed by atoms with Crippen LogP contribution in [0.4, 0.5) is 5.82 Å². The lowest BCUT2D eigenvalue weighted by molar-refractivity contribution is -0.141. The van der Waals surface area contributed by atoms with Crippen molar-refractivity contribution >= 4 is 17.7 Å². The normalized spacial score (nSPS) is 12.0. The number of hydrogen-bond acceptors (Lipinski definition) is 6. The molecule has 0 spiro atoms. The first-order chi connectivity index (χ1) is 8.95. The van der Waals surface area contributed by atoms with Crippen molar-refractivity contribution in [1.82, 2.24) is 9.97 Å². The smallest absolute Gasteiger partial charge is 0.328 e. The van der Waals surface area contributed by atoms with Crippen molar-refractivity contribution in [3.05, 3.63) is 18.1 Å². The van der Waals surface area contributed by atoms with Gasteiger partial charge in [-0.05, 0) is 12.3 Å². The van der Waals surface area contributed by atoms with Crippen molar-refractivity contribution in [1.29, 1.82) is 0 Å². The second kappa shape index (κ2) is 6.67. The van der Waals surface area contributed by atoms with Crippen molar-refractivity contribution in [2.45, 2.75) is 26.3 Å². The minimum absolute atomic E-state index is 0.000147. The van der Waals surface area contributed by atoms with Crippen LogP contribution in [-0.2, 0) is 9.53 Å². The highest BCUT2D eigenvalue weighted by molar-refractivity contribution is 5.96. The molecule has 7 heteroatoms. The van der Waals surface area contributed by atoms with Gasteiger partial charge in [-0.1, -0.05) is 13.8 Å². The SMILES string of the molecule is COC(=O)C(CC(C)C)Nc1nccnc1C(N)=O. The van der Waals surface area contributed by atoms with E-state index in [4.69, 9.17) is 10.5 Å². The molecule has 0 aliphatic heterocycles. The molecule has 1 atom stereocenters. The Bertz CT molecular complexity index is 462. The second-order valence-corrected chi connectivity index (χ2v) is 4.47. The first-order valence-corrected chi connectivity index (χ1v) is 5.90. The molecule has 104 valence electrons. The number of nitrogens with zero attached hydrogens (tertiary/aromatic N) is 2. The quantitative estimate of drug-likeness (QED) is 0.729. The van der Waals surface area contributed by atoms with Gasteiger partial charge in [0.2, 0.25) is 0 Å². The molecule has 0 bridgehead atoms. The molecule has 1 aromatic rings. The molecule has 0 saturated heterocycles. The van der Waals surface area contributed by atoms with Crippen LogP contribution in [0.15, 0.2) is 12.4 Å². The van der Waals surface area contributed by atoms with E-state index in [1.807, 2.05) is 13.8 Å². The molecule has 1 unspecified atom stereocenters. The van der Waals surface area contributed by atoms with E-state index in [1.54, 1.807) is 0 Å². The first-order valence-electron chi connectivity index (χ1n) is 5.90. The summed E-state index contributed by atoms with van der Waals surface area (Å²) in [5, 5.41) is 2.86. The summed E-state index contributed by atoms with van der Waals surface area (Å²) < 4.78 is 4.72. The number of methoxy groups -OCH3 is 1. The van der Waals surface area contributed by atoms with E-state index in [2.05, 4.69) is 15.3 Å². The lowest BCUT2D eigenvalue weighted by atomic mass is 10.0. The Morgan fingerprint density at radius 2 is 2.00 bits per heavy atom. The summed E-state index contributed by atoms with van der Waals surface area (Å²) in [6.07, 6.45) is 3.32. The van der Waals surface area contributed by atoms with E-state index in [1.165, 1.54) is 19.5 Å². The highest BCUT2D eigenvalue weighted by Crippen LogP contribution is 2.14. The first kappa shape index (κ1) is 14.9. The summed E-state index contributed by atoms with van der Waals surface area (Å²) in [5.74, 6) is -0.671. The maximum Gasteiger partial charge on any atom is 0.328 e. The average Bonchev–Trinajstić information content (AvgIpc) is 2.36. The molecule has 0 saturated carbocycles. The topological polar surface area (TPSA) is 107 Å². The zero-order valence-electron chi connectivity index (χ0n) is 11.2. The standard InChI is InChI=1S/C12H18N4O3/c1-7(2)6-8(12(18)19-3)16-11-9(10(13)17)14-4-5-15-11/h4-5,7-8H,6H2,1-3H3,(H2,13,17)(H,15,16). The van der Waals surface area contributed by atoms with E-state index in [-0.39, 0.29) is 17.4 Å². The third-order valence-corrected chi connectivity index (χ3v) is 2.44. The fraction of sp³-hybridized carbons (Fsp3) is 0.500. The maximum absolute atomic E-state index is 11.7. The van der Waals surface area contributed by atoms with Crippen LogP contribution in [0.1, 0.15) is 30.8 Å². The van der Waals surface area contributed by atoms with E-state index >= 15 is 0 Å². The Labute approximate surface area is 111 Å². The van der Waals surface area contributed by atoms with Crippen LogP contribution in [0.5, 0.6) is 0 Å². The summed E-state index contributed by atoms with van der Waals surface area (Å²) in [5.41, 5.74) is 5.20. The molecule has 7 nitrogen and oxygen atoms in total. The number of carbonyl (C=O) groups is 2. The molecule has 0 aliphatic rings. The Kier molecular flexibility index (Phi) is 5.23. The average molecular weight is 266 g/mol. The predicted molar refractivity (Wildman–Crippen MR) is 69.4 cm³/mol. The summed E-state index contributed by atoms with van der Waals surface area (Å²) in [4.78, 5) is 30.7. The summed E-state index contributed by atoms with van der Waals surface area (Å²) in [6.45, 7) is 3.95. The number of hydrogen-bond donors (Lipinski definition) is 2. The molecule has 0 aromatic carbocycles. The van der Waals surface area contributed by atoms with Crippen LogP contribution in [0.3, 0.4) is 0 Å². The van der Waals surface area contributed by atoms with Crippen molar-refractivity contribution in [2.75, 3.05) is 12.4 Å². The van der Waals surface area contributed by atoms with Crippen LogP contribution in [0.2, 0.25) is 0 Å². The number of rotatable bonds is 6. The molecule has 0 fully saturated rings. The number of amides is 1. The van der Waals surface area contributed by atoms with E-state index in [9.17, 15) is 9.59 Å². The van der Waals surface area contributed by atoms with Gasteiger partial charge in [-0.3, -0.25) is 4.79 Å². The van der Waals surface area contributed by atoms with Crippen molar-refractivity contribution < 1.29 is 14.3 Å². The van der Waals surface area contributed by atoms with Gasteiger partial charge in [0.05, 0.1) is 7.11 Å². The molecule has 3 N–H and O–H groups in total. The lowest BCUT2D eigenvalue weighted by Crippen LogP contribution is -2.33. The minimum Gasteiger partial charge on any atom is -0.467 e. The number of anilines is 1. The summed E-state index contributed by atoms with van der Waals surface area (Å²) in [6, 6.07) is -0.597. The fourth-order valence-corrected chi connectivity index (χ4v) is 1.62. The van der Waals surface area contributed by atoms with Crippen LogP contribution in [0, 0.1) is 5.92 Å². The van der Waals surface area contributed by atoms with Crippen molar-refractivity contribution in [3.8, 4) is 0 Å². The van der Waals surface area contributed by atoms with Gasteiger partial charge in [-0.2, -0.15) is 0 Å². The largest absolute Gasteiger partial charge is 0.467 e. The summed E-state index contributed by atoms with van der Waals surface area (Å²) in [7, 11) is 1.31. The number of ether oxygens (including phenoxy) is 1. The number of nitrogens with two attached hydrogens (primary N) is 1. The van der Waals surface area contributed by atoms with Gasteiger partial charge in [0.25, 0.3) is 5.91 Å². The van der Waals surface area contributed by atoms with Gasteiger partial charge < -0.3 is 15.8 Å². The molecular formula is C12H18N4O3. The predicted octanol–water partition coefficient (Wildman–Crippen LogP) is 0.575. The zero-order valence-corrected chi connectivity index (χ0v) is 11.2. The Balaban J connectivity index is 2.96. The van der Waals surface area contributed by atoms with Gasteiger partial charge in [0.1, 0.15) is 6.04 Å². The van der Waals surface area contributed by atoms with Crippen molar-refractivity contribution in [2.24, 2.45) is 11.7 Å². The van der Waals surface area contributed by atoms with Crippen LogP contribution in [-0.4, -0.2) is 35.0 Å². The maximum atomic E-state index is 11.7. The Morgan fingerprint density at radius 1 is 1.37 bits per heavy atom. The number of nitrogens with one attached hydrogen (secondary N) is 1. The van der Waals surface area contributed by atoms with Gasteiger partial charge in [0.15, 0.2) is 11.5 Å². The van der Waals surface area contributed by atoms with E-state index in [0.717, 1.165) is 0 Å². The minimum atomic E-state index is -0.705. The van der Waals surface area contributed by atoms with Gasteiger partial charge in [-0.25, -0.2) is 14.8 Å². The molecule has 1 rings (SSSR count). The number of aromatic nitrogens is 2. The number of carbonyl (C=O) groups excluding carboxylic acids is 2. The van der Waals surface area contributed by atoms with E-state index in [0.29, 0.717) is 6.42 Å². The second-order valence-electron chi connectivity index (χ2n) is 4.47. The summed E-state index contributed by atoms with van der Waals surface area (Å²) >= 11 is 0. The molecule has 1 heterocycles. The third kappa shape index (κ3) is 4.20. The van der Waals surface area contributed by atoms with Gasteiger partial charge in [-0.15, -0.1) is 0 Å². The lowest BCUT2D eigenvalue weighted by Gasteiger charge is -2.19. The van der Waals surface area contributed by atoms with E-state index < -0.39 is 17.9 Å².